The molecule has 0 bridgehead atoms. The Morgan fingerprint density at radius 3 is 2.67 bits per heavy atom. The van der Waals surface area contributed by atoms with Gasteiger partial charge in [0.15, 0.2) is 0 Å². The zero-order chi connectivity index (χ0) is 17.1. The van der Waals surface area contributed by atoms with E-state index in [1.807, 2.05) is 19.1 Å². The predicted octanol–water partition coefficient (Wildman–Crippen LogP) is 2.53. The van der Waals surface area contributed by atoms with Crippen molar-refractivity contribution in [1.29, 1.82) is 0 Å². The van der Waals surface area contributed by atoms with Crippen molar-refractivity contribution in [1.82, 2.24) is 15.1 Å². The van der Waals surface area contributed by atoms with Crippen LogP contribution in [0.15, 0.2) is 28.7 Å². The lowest BCUT2D eigenvalue weighted by atomic mass is 10.2. The van der Waals surface area contributed by atoms with Gasteiger partial charge in [0.1, 0.15) is 0 Å². The Hall–Kier alpha value is -2.41. The third-order valence-corrected chi connectivity index (χ3v) is 4.13. The molecule has 24 heavy (non-hydrogen) atoms. The van der Waals surface area contributed by atoms with Crippen molar-refractivity contribution in [2.45, 2.75) is 32.3 Å². The average Bonchev–Trinajstić information content (AvgIpc) is 3.33. The number of nitrogens with one attached hydrogen (secondary N) is 1. The minimum Gasteiger partial charge on any atom is -0.421 e. The summed E-state index contributed by atoms with van der Waals surface area (Å²) >= 11 is 0. The summed E-state index contributed by atoms with van der Waals surface area (Å²) < 4.78 is 5.50. The molecule has 0 radical (unpaired) electrons. The van der Waals surface area contributed by atoms with Crippen molar-refractivity contribution in [3.8, 4) is 11.5 Å². The van der Waals surface area contributed by atoms with Gasteiger partial charge >= 0.3 is 6.03 Å². The molecular formula is C17H22N4O3. The van der Waals surface area contributed by atoms with Gasteiger partial charge in [0.2, 0.25) is 11.8 Å². The molecule has 2 amide bonds. The first-order valence-corrected chi connectivity index (χ1v) is 8.19. The second-order valence-corrected chi connectivity index (χ2v) is 6.15. The van der Waals surface area contributed by atoms with E-state index < -0.39 is 6.10 Å². The first kappa shape index (κ1) is 16.4. The summed E-state index contributed by atoms with van der Waals surface area (Å²) in [5.41, 5.74) is 1.48. The van der Waals surface area contributed by atoms with Crippen LogP contribution in [0.3, 0.4) is 0 Å². The molecule has 1 aromatic heterocycles. The number of amides is 2. The quantitative estimate of drug-likeness (QED) is 0.849. The van der Waals surface area contributed by atoms with Gasteiger partial charge in [-0.1, -0.05) is 6.92 Å². The Labute approximate surface area is 140 Å². The molecule has 1 aromatic carbocycles. The molecule has 2 aromatic rings. The standard InChI is InChI=1S/C17H22N4O3/c1-3-15-19-20-16(24-15)12-6-8-13(9-7-12)18-17(23)21(2)10-14(22)11-4-5-11/h6-9,11,14,22H,3-5,10H2,1-2H3,(H,18,23). The normalized spacial score (nSPS) is 15.1. The van der Waals surface area contributed by atoms with Crippen LogP contribution in [-0.2, 0) is 6.42 Å². The molecule has 128 valence electrons. The fraction of sp³-hybridized carbons (Fsp3) is 0.471. The number of aryl methyl sites for hydroxylation is 1. The Bertz CT molecular complexity index is 694. The highest BCUT2D eigenvalue weighted by atomic mass is 16.4. The number of aromatic nitrogens is 2. The lowest BCUT2D eigenvalue weighted by Gasteiger charge is -2.21. The number of carbonyl (C=O) groups is 1. The first-order valence-electron chi connectivity index (χ1n) is 8.19. The summed E-state index contributed by atoms with van der Waals surface area (Å²) in [6, 6.07) is 6.97. The van der Waals surface area contributed by atoms with Gasteiger partial charge in [0.25, 0.3) is 0 Å². The van der Waals surface area contributed by atoms with Crippen LogP contribution in [0.25, 0.3) is 11.5 Å². The molecular weight excluding hydrogens is 308 g/mol. The Kier molecular flexibility index (Phi) is 4.80. The predicted molar refractivity (Wildman–Crippen MR) is 89.5 cm³/mol. The number of urea groups is 1. The van der Waals surface area contributed by atoms with E-state index in [2.05, 4.69) is 15.5 Å². The van der Waals surface area contributed by atoms with Crippen LogP contribution in [0, 0.1) is 5.92 Å². The van der Waals surface area contributed by atoms with Crippen molar-refractivity contribution in [2.24, 2.45) is 5.92 Å². The number of hydrogen-bond donors (Lipinski definition) is 2. The van der Waals surface area contributed by atoms with Crippen LogP contribution in [0.1, 0.15) is 25.7 Å². The van der Waals surface area contributed by atoms with Gasteiger partial charge in [-0.2, -0.15) is 0 Å². The Morgan fingerprint density at radius 2 is 2.08 bits per heavy atom. The summed E-state index contributed by atoms with van der Waals surface area (Å²) in [5, 5.41) is 20.7. The van der Waals surface area contributed by atoms with Crippen molar-refractivity contribution in [3.05, 3.63) is 30.2 Å². The molecule has 1 heterocycles. The molecule has 1 fully saturated rings. The molecule has 0 saturated heterocycles. The molecule has 0 spiro atoms. The van der Waals surface area contributed by atoms with E-state index in [9.17, 15) is 9.90 Å². The first-order chi connectivity index (χ1) is 11.6. The molecule has 7 heteroatoms. The van der Waals surface area contributed by atoms with Crippen molar-refractivity contribution < 1.29 is 14.3 Å². The van der Waals surface area contributed by atoms with E-state index in [0.717, 1.165) is 18.4 Å². The van der Waals surface area contributed by atoms with E-state index in [-0.39, 0.29) is 6.03 Å². The molecule has 0 aliphatic heterocycles. The van der Waals surface area contributed by atoms with Crippen LogP contribution < -0.4 is 5.32 Å². The Balaban J connectivity index is 1.57. The van der Waals surface area contributed by atoms with Gasteiger partial charge in [-0.05, 0) is 43.0 Å². The summed E-state index contributed by atoms with van der Waals surface area (Å²) in [5.74, 6) is 1.41. The van der Waals surface area contributed by atoms with Crippen LogP contribution in [0.5, 0.6) is 0 Å². The van der Waals surface area contributed by atoms with E-state index in [1.165, 1.54) is 4.90 Å². The van der Waals surface area contributed by atoms with Gasteiger partial charge in [-0.25, -0.2) is 4.79 Å². The van der Waals surface area contributed by atoms with Crippen molar-refractivity contribution >= 4 is 11.7 Å². The summed E-state index contributed by atoms with van der Waals surface area (Å²) in [6.07, 6.45) is 2.36. The molecule has 1 saturated carbocycles. The van der Waals surface area contributed by atoms with E-state index in [4.69, 9.17) is 4.42 Å². The summed E-state index contributed by atoms with van der Waals surface area (Å²) in [7, 11) is 1.68. The minimum absolute atomic E-state index is 0.242. The van der Waals surface area contributed by atoms with Crippen LogP contribution >= 0.6 is 0 Å². The number of likely N-dealkylation sites (N-methyl/N-ethyl adjacent to an activating group) is 1. The van der Waals surface area contributed by atoms with E-state index >= 15 is 0 Å². The fourth-order valence-electron chi connectivity index (χ4n) is 2.42. The Morgan fingerprint density at radius 1 is 1.38 bits per heavy atom. The third kappa shape index (κ3) is 3.91. The lowest BCUT2D eigenvalue weighted by Crippen LogP contribution is -2.37. The molecule has 1 aliphatic carbocycles. The summed E-state index contributed by atoms with van der Waals surface area (Å²) in [6.45, 7) is 2.29. The van der Waals surface area contributed by atoms with Crippen molar-refractivity contribution in [2.75, 3.05) is 18.9 Å². The smallest absolute Gasteiger partial charge is 0.321 e. The number of carbonyl (C=O) groups excluding carboxylic acids is 1. The summed E-state index contributed by atoms with van der Waals surface area (Å²) in [4.78, 5) is 13.7. The number of aliphatic hydroxyl groups excluding tert-OH is 1. The molecule has 2 N–H and O–H groups in total. The van der Waals surface area contributed by atoms with Gasteiger partial charge in [0.05, 0.1) is 6.10 Å². The number of nitrogens with zero attached hydrogens (tertiary/aromatic N) is 3. The number of anilines is 1. The fourth-order valence-corrected chi connectivity index (χ4v) is 2.42. The van der Waals surface area contributed by atoms with Gasteiger partial charge in [-0.3, -0.25) is 0 Å². The largest absolute Gasteiger partial charge is 0.421 e. The van der Waals surface area contributed by atoms with Gasteiger partial charge < -0.3 is 19.7 Å². The van der Waals surface area contributed by atoms with Crippen molar-refractivity contribution in [3.63, 3.8) is 0 Å². The maximum Gasteiger partial charge on any atom is 0.321 e. The molecule has 1 aliphatic rings. The SMILES string of the molecule is CCc1nnc(-c2ccc(NC(=O)N(C)CC(O)C3CC3)cc2)o1. The highest BCUT2D eigenvalue weighted by molar-refractivity contribution is 5.89. The zero-order valence-corrected chi connectivity index (χ0v) is 13.9. The number of aliphatic hydroxyl groups is 1. The van der Waals surface area contributed by atoms with E-state index in [0.29, 0.717) is 36.4 Å². The molecule has 1 atom stereocenters. The maximum absolute atomic E-state index is 12.2. The van der Waals surface area contributed by atoms with Gasteiger partial charge in [-0.15, -0.1) is 10.2 Å². The second-order valence-electron chi connectivity index (χ2n) is 6.15. The van der Waals surface area contributed by atoms with Crippen LogP contribution in [0.2, 0.25) is 0 Å². The average molecular weight is 330 g/mol. The number of rotatable bonds is 6. The molecule has 7 nitrogen and oxygen atoms in total. The third-order valence-electron chi connectivity index (χ3n) is 4.13. The van der Waals surface area contributed by atoms with Crippen LogP contribution in [0.4, 0.5) is 10.5 Å². The maximum atomic E-state index is 12.2. The highest BCUT2D eigenvalue weighted by Crippen LogP contribution is 2.32. The lowest BCUT2D eigenvalue weighted by molar-refractivity contribution is 0.117. The van der Waals surface area contributed by atoms with Gasteiger partial charge in [0, 0.05) is 31.3 Å². The topological polar surface area (TPSA) is 91.5 Å². The second kappa shape index (κ2) is 7.00. The van der Waals surface area contributed by atoms with E-state index in [1.54, 1.807) is 19.2 Å². The monoisotopic (exact) mass is 330 g/mol. The number of benzene rings is 1. The molecule has 1 unspecified atom stereocenters. The minimum atomic E-state index is -0.437. The zero-order valence-electron chi connectivity index (χ0n) is 13.9. The number of hydrogen-bond acceptors (Lipinski definition) is 5. The van der Waals surface area contributed by atoms with Crippen LogP contribution in [-0.4, -0.2) is 45.9 Å². The highest BCUT2D eigenvalue weighted by Gasteiger charge is 2.31. The molecule has 3 rings (SSSR count).